The predicted molar refractivity (Wildman–Crippen MR) is 101 cm³/mol. The molecule has 0 saturated carbocycles. The lowest BCUT2D eigenvalue weighted by molar-refractivity contribution is -0.121. The van der Waals surface area contributed by atoms with Crippen LogP contribution in [-0.2, 0) is 17.9 Å². The minimum Gasteiger partial charge on any atom is -0.350 e. The van der Waals surface area contributed by atoms with E-state index in [1.165, 1.54) is 22.2 Å². The van der Waals surface area contributed by atoms with Crippen LogP contribution in [0.15, 0.2) is 41.5 Å². The van der Waals surface area contributed by atoms with E-state index < -0.39 is 0 Å². The fourth-order valence-electron chi connectivity index (χ4n) is 3.00. The molecular formula is C18H19N5O2S. The molecule has 1 amide bonds. The van der Waals surface area contributed by atoms with Crippen molar-refractivity contribution in [3.05, 3.63) is 52.6 Å². The molecule has 0 bridgehead atoms. The lowest BCUT2D eigenvalue weighted by Crippen LogP contribution is -2.31. The highest BCUT2D eigenvalue weighted by atomic mass is 32.1. The Morgan fingerprint density at radius 2 is 1.96 bits per heavy atom. The summed E-state index contributed by atoms with van der Waals surface area (Å²) in [6.07, 6.45) is 3.70. The zero-order valence-electron chi connectivity index (χ0n) is 14.2. The van der Waals surface area contributed by atoms with Gasteiger partial charge in [0, 0.05) is 19.6 Å². The average molecular weight is 369 g/mol. The molecule has 1 aromatic carbocycles. The van der Waals surface area contributed by atoms with Crippen LogP contribution in [-0.4, -0.2) is 33.5 Å². The fourth-order valence-corrected chi connectivity index (χ4v) is 4.02. The summed E-state index contributed by atoms with van der Waals surface area (Å²) in [5.41, 5.74) is 1.26. The third-order valence-electron chi connectivity index (χ3n) is 4.40. The molecule has 1 aliphatic heterocycles. The number of benzene rings is 1. The van der Waals surface area contributed by atoms with Crippen molar-refractivity contribution in [2.75, 3.05) is 18.0 Å². The van der Waals surface area contributed by atoms with Gasteiger partial charge in [0.1, 0.15) is 17.6 Å². The van der Waals surface area contributed by atoms with E-state index in [1.54, 1.807) is 0 Å². The van der Waals surface area contributed by atoms with Crippen LogP contribution in [0.4, 0.5) is 5.13 Å². The van der Waals surface area contributed by atoms with E-state index in [1.807, 2.05) is 30.3 Å². The van der Waals surface area contributed by atoms with E-state index in [4.69, 9.17) is 0 Å². The Bertz CT molecular complexity index is 976. The molecule has 1 fully saturated rings. The van der Waals surface area contributed by atoms with Crippen molar-refractivity contribution in [1.29, 1.82) is 0 Å². The van der Waals surface area contributed by atoms with Crippen molar-refractivity contribution in [1.82, 2.24) is 19.9 Å². The quantitative estimate of drug-likeness (QED) is 0.741. The minimum absolute atomic E-state index is 0.0500. The first-order valence-electron chi connectivity index (χ1n) is 8.62. The minimum atomic E-state index is -0.221. The van der Waals surface area contributed by atoms with E-state index >= 15 is 0 Å². The van der Waals surface area contributed by atoms with Crippen molar-refractivity contribution < 1.29 is 4.79 Å². The Labute approximate surface area is 154 Å². The maximum absolute atomic E-state index is 12.7. The van der Waals surface area contributed by atoms with Gasteiger partial charge in [-0.3, -0.25) is 14.2 Å². The number of rotatable bonds is 5. The molecule has 0 spiro atoms. The predicted octanol–water partition coefficient (Wildman–Crippen LogP) is 1.77. The van der Waals surface area contributed by atoms with Crippen LogP contribution in [0.5, 0.6) is 0 Å². The molecule has 0 unspecified atom stereocenters. The van der Waals surface area contributed by atoms with E-state index in [-0.39, 0.29) is 18.0 Å². The molecule has 134 valence electrons. The number of anilines is 1. The first kappa shape index (κ1) is 16.7. The highest BCUT2D eigenvalue weighted by Gasteiger charge is 2.19. The molecule has 7 nitrogen and oxygen atoms in total. The van der Waals surface area contributed by atoms with Crippen LogP contribution in [0.2, 0.25) is 0 Å². The SMILES string of the molecule is O=C(Cn1cnc2nc(N3CCCC3)sc2c1=O)NCc1ccccc1. The standard InChI is InChI=1S/C18H19N5O2S/c24-14(19-10-13-6-2-1-3-7-13)11-23-12-20-16-15(17(23)25)26-18(21-16)22-8-4-5-9-22/h1-3,6-7,12H,4-5,8-11H2,(H,19,24). The summed E-state index contributed by atoms with van der Waals surface area (Å²) < 4.78 is 1.85. The Hall–Kier alpha value is -2.74. The number of hydrogen-bond acceptors (Lipinski definition) is 6. The van der Waals surface area contributed by atoms with E-state index in [2.05, 4.69) is 20.2 Å². The number of amides is 1. The first-order chi connectivity index (χ1) is 12.7. The van der Waals surface area contributed by atoms with Gasteiger partial charge in [0.05, 0.1) is 0 Å². The number of carbonyl (C=O) groups is 1. The third kappa shape index (κ3) is 3.45. The second-order valence-corrected chi connectivity index (χ2v) is 7.26. The number of nitrogens with zero attached hydrogens (tertiary/aromatic N) is 4. The fraction of sp³-hybridized carbons (Fsp3) is 0.333. The summed E-state index contributed by atoms with van der Waals surface area (Å²) in [4.78, 5) is 35.7. The molecule has 3 heterocycles. The van der Waals surface area contributed by atoms with E-state index in [0.29, 0.717) is 16.9 Å². The van der Waals surface area contributed by atoms with E-state index in [0.717, 1.165) is 36.6 Å². The summed E-state index contributed by atoms with van der Waals surface area (Å²) in [6, 6.07) is 9.66. The lowest BCUT2D eigenvalue weighted by atomic mass is 10.2. The average Bonchev–Trinajstić information content (AvgIpc) is 3.33. The smallest absolute Gasteiger partial charge is 0.273 e. The van der Waals surface area contributed by atoms with Crippen molar-refractivity contribution in [3.63, 3.8) is 0 Å². The number of fused-ring (bicyclic) bond motifs is 1. The Balaban J connectivity index is 1.48. The van der Waals surface area contributed by atoms with Crippen molar-refractivity contribution >= 4 is 32.7 Å². The van der Waals surface area contributed by atoms with Gasteiger partial charge in [0.25, 0.3) is 5.56 Å². The third-order valence-corrected chi connectivity index (χ3v) is 5.49. The first-order valence-corrected chi connectivity index (χ1v) is 9.44. The van der Waals surface area contributed by atoms with Gasteiger partial charge in [-0.2, -0.15) is 4.98 Å². The monoisotopic (exact) mass is 369 g/mol. The zero-order valence-corrected chi connectivity index (χ0v) is 15.0. The van der Waals surface area contributed by atoms with Crippen LogP contribution in [0.1, 0.15) is 18.4 Å². The lowest BCUT2D eigenvalue weighted by Gasteiger charge is -2.11. The molecule has 3 aromatic rings. The number of aromatic nitrogens is 3. The number of carbonyl (C=O) groups excluding carboxylic acids is 1. The van der Waals surface area contributed by atoms with Gasteiger partial charge in [-0.15, -0.1) is 0 Å². The van der Waals surface area contributed by atoms with Crippen molar-refractivity contribution in [3.8, 4) is 0 Å². The normalized spacial score (nSPS) is 14.1. The van der Waals surface area contributed by atoms with E-state index in [9.17, 15) is 9.59 Å². The highest BCUT2D eigenvalue weighted by molar-refractivity contribution is 7.22. The second-order valence-electron chi connectivity index (χ2n) is 6.28. The summed E-state index contributed by atoms with van der Waals surface area (Å²) in [5.74, 6) is -0.221. The molecule has 0 aliphatic carbocycles. The van der Waals surface area contributed by atoms with Crippen LogP contribution in [0.25, 0.3) is 10.3 Å². The Morgan fingerprint density at radius 3 is 2.73 bits per heavy atom. The molecule has 1 N–H and O–H groups in total. The van der Waals surface area contributed by atoms with Gasteiger partial charge in [-0.25, -0.2) is 4.98 Å². The van der Waals surface area contributed by atoms with Crippen LogP contribution < -0.4 is 15.8 Å². The number of nitrogens with one attached hydrogen (secondary N) is 1. The molecule has 4 rings (SSSR count). The van der Waals surface area contributed by atoms with Gasteiger partial charge in [0.2, 0.25) is 5.91 Å². The molecule has 2 aromatic heterocycles. The molecule has 1 saturated heterocycles. The van der Waals surface area contributed by atoms with Crippen LogP contribution >= 0.6 is 11.3 Å². The second kappa shape index (κ2) is 7.25. The topological polar surface area (TPSA) is 80.1 Å². The highest BCUT2D eigenvalue weighted by Crippen LogP contribution is 2.27. The van der Waals surface area contributed by atoms with Gasteiger partial charge < -0.3 is 10.2 Å². The van der Waals surface area contributed by atoms with Gasteiger partial charge in [-0.05, 0) is 18.4 Å². The molecular weight excluding hydrogens is 350 g/mol. The summed E-state index contributed by atoms with van der Waals surface area (Å²) in [5, 5.41) is 3.67. The Morgan fingerprint density at radius 1 is 1.19 bits per heavy atom. The summed E-state index contributed by atoms with van der Waals surface area (Å²) in [6.45, 7) is 2.32. The molecule has 0 atom stereocenters. The molecule has 8 heteroatoms. The summed E-state index contributed by atoms with van der Waals surface area (Å²) >= 11 is 1.36. The van der Waals surface area contributed by atoms with Crippen LogP contribution in [0.3, 0.4) is 0 Å². The molecule has 1 aliphatic rings. The van der Waals surface area contributed by atoms with Crippen molar-refractivity contribution in [2.45, 2.75) is 25.9 Å². The van der Waals surface area contributed by atoms with Crippen LogP contribution in [0, 0.1) is 0 Å². The van der Waals surface area contributed by atoms with Gasteiger partial charge >= 0.3 is 0 Å². The molecule has 0 radical (unpaired) electrons. The van der Waals surface area contributed by atoms with Gasteiger partial charge in [0.15, 0.2) is 10.8 Å². The van der Waals surface area contributed by atoms with Crippen molar-refractivity contribution in [2.24, 2.45) is 0 Å². The maximum Gasteiger partial charge on any atom is 0.273 e. The van der Waals surface area contributed by atoms with Gasteiger partial charge in [-0.1, -0.05) is 41.7 Å². The number of thiazole rings is 1. The summed E-state index contributed by atoms with van der Waals surface area (Å²) in [7, 11) is 0. The number of hydrogen-bond donors (Lipinski definition) is 1. The zero-order chi connectivity index (χ0) is 17.9. The maximum atomic E-state index is 12.7. The Kier molecular flexibility index (Phi) is 4.66. The molecule has 26 heavy (non-hydrogen) atoms. The largest absolute Gasteiger partial charge is 0.350 e.